The van der Waals surface area contributed by atoms with E-state index in [1.807, 2.05) is 30.3 Å². The summed E-state index contributed by atoms with van der Waals surface area (Å²) >= 11 is 5.53. The Kier molecular flexibility index (Phi) is 7.54. The van der Waals surface area contributed by atoms with E-state index in [9.17, 15) is 0 Å². The van der Waals surface area contributed by atoms with Crippen molar-refractivity contribution in [3.05, 3.63) is 35.9 Å². The van der Waals surface area contributed by atoms with Gasteiger partial charge >= 0.3 is 0 Å². The summed E-state index contributed by atoms with van der Waals surface area (Å²) in [5, 5.41) is 0. The molecule has 0 nitrogen and oxygen atoms in total. The molecule has 68 valence electrons. The molecule has 1 aromatic carbocycles. The second-order valence-electron chi connectivity index (χ2n) is 2.96. The molecule has 0 spiro atoms. The van der Waals surface area contributed by atoms with E-state index in [0.717, 1.165) is 0 Å². The maximum absolute atomic E-state index is 5.53. The Hall–Kier alpha value is -0.0600. The van der Waals surface area contributed by atoms with Gasteiger partial charge in [0, 0.05) is 5.88 Å². The predicted molar refractivity (Wildman–Crippen MR) is 60.7 cm³/mol. The first-order chi connectivity index (χ1) is 5.66. The highest BCUT2D eigenvalue weighted by Crippen LogP contribution is 2.14. The fraction of sp³-hybridized carbons (Fsp3) is 0.400. The van der Waals surface area contributed by atoms with Crippen LogP contribution in [0.4, 0.5) is 0 Å². The Bertz CT molecular complexity index is 182. The molecule has 0 aliphatic heterocycles. The van der Waals surface area contributed by atoms with Crippen molar-refractivity contribution in [3.8, 4) is 0 Å². The lowest BCUT2D eigenvalue weighted by molar-refractivity contribution is 1.41. The second kappa shape index (κ2) is 7.58. The van der Waals surface area contributed by atoms with Gasteiger partial charge in [-0.05, 0) is 25.6 Å². The third-order valence-corrected chi connectivity index (χ3v) is 1.31. The predicted octanol–water partition coefficient (Wildman–Crippen LogP) is 3.78. The molecule has 0 heterocycles. The van der Waals surface area contributed by atoms with Crippen molar-refractivity contribution in [1.82, 2.24) is 0 Å². The Labute approximate surface area is 81.7 Å². The SMILES string of the molecule is CP(C)C.ClCc1ccccc1. The smallest absolute Gasteiger partial charge is 0.0474 e. The van der Waals surface area contributed by atoms with Crippen molar-refractivity contribution >= 4 is 19.5 Å². The summed E-state index contributed by atoms with van der Waals surface area (Å²) in [7, 11) is 0.380. The van der Waals surface area contributed by atoms with Crippen LogP contribution in [-0.2, 0) is 5.88 Å². The van der Waals surface area contributed by atoms with Gasteiger partial charge in [0.25, 0.3) is 0 Å². The summed E-state index contributed by atoms with van der Waals surface area (Å²) in [5.74, 6) is 0.612. The largest absolute Gasteiger partial charge is 0.122 e. The number of alkyl halides is 1. The van der Waals surface area contributed by atoms with Crippen LogP contribution in [0.5, 0.6) is 0 Å². The molecule has 0 aliphatic rings. The second-order valence-corrected chi connectivity index (χ2v) is 5.91. The quantitative estimate of drug-likeness (QED) is 0.480. The van der Waals surface area contributed by atoms with Gasteiger partial charge in [-0.25, -0.2) is 0 Å². The normalized spacial score (nSPS) is 9.08. The highest BCUT2D eigenvalue weighted by Gasteiger charge is 1.81. The van der Waals surface area contributed by atoms with Crippen molar-refractivity contribution in [2.75, 3.05) is 20.0 Å². The molecule has 2 heteroatoms. The van der Waals surface area contributed by atoms with Crippen LogP contribution in [0.1, 0.15) is 5.56 Å². The summed E-state index contributed by atoms with van der Waals surface area (Å²) < 4.78 is 0. The van der Waals surface area contributed by atoms with Gasteiger partial charge in [0.1, 0.15) is 0 Å². The lowest BCUT2D eigenvalue weighted by Gasteiger charge is -1.88. The van der Waals surface area contributed by atoms with Gasteiger partial charge < -0.3 is 0 Å². The molecule has 0 fully saturated rings. The summed E-state index contributed by atoms with van der Waals surface area (Å²) in [6.45, 7) is 6.69. The Balaban J connectivity index is 0.000000261. The summed E-state index contributed by atoms with van der Waals surface area (Å²) in [5.41, 5.74) is 1.18. The average molecular weight is 203 g/mol. The molecule has 0 bridgehead atoms. The average Bonchev–Trinajstić information content (AvgIpc) is 2.05. The van der Waals surface area contributed by atoms with Crippen LogP contribution in [0, 0.1) is 0 Å². The first-order valence-corrected chi connectivity index (χ1v) is 7.09. The molecule has 0 aromatic heterocycles. The Morgan fingerprint density at radius 3 is 1.75 bits per heavy atom. The fourth-order valence-electron chi connectivity index (χ4n) is 0.567. The molecule has 0 amide bonds. The zero-order chi connectivity index (χ0) is 9.40. The lowest BCUT2D eigenvalue weighted by Crippen LogP contribution is -1.71. The summed E-state index contributed by atoms with van der Waals surface area (Å²) in [6, 6.07) is 9.96. The third kappa shape index (κ3) is 8.04. The van der Waals surface area contributed by atoms with Crippen LogP contribution in [0.3, 0.4) is 0 Å². The molecule has 0 saturated heterocycles. The molecular formula is C10H16ClP. The van der Waals surface area contributed by atoms with E-state index in [2.05, 4.69) is 20.0 Å². The van der Waals surface area contributed by atoms with Gasteiger partial charge in [0.05, 0.1) is 0 Å². The minimum atomic E-state index is 0.380. The van der Waals surface area contributed by atoms with E-state index in [-0.39, 0.29) is 0 Å². The van der Waals surface area contributed by atoms with Crippen LogP contribution in [0.25, 0.3) is 0 Å². The topological polar surface area (TPSA) is 0 Å². The molecule has 12 heavy (non-hydrogen) atoms. The van der Waals surface area contributed by atoms with Gasteiger partial charge in [-0.1, -0.05) is 30.3 Å². The molecule has 0 radical (unpaired) electrons. The van der Waals surface area contributed by atoms with E-state index in [1.54, 1.807) is 0 Å². The number of hydrogen-bond acceptors (Lipinski definition) is 0. The molecule has 0 atom stereocenters. The highest BCUT2D eigenvalue weighted by molar-refractivity contribution is 7.55. The summed E-state index contributed by atoms with van der Waals surface area (Å²) in [4.78, 5) is 0. The monoisotopic (exact) mass is 202 g/mol. The minimum absolute atomic E-state index is 0.380. The van der Waals surface area contributed by atoms with Crippen molar-refractivity contribution in [2.24, 2.45) is 0 Å². The Morgan fingerprint density at radius 1 is 1.08 bits per heavy atom. The molecule has 0 N–H and O–H groups in total. The van der Waals surface area contributed by atoms with Gasteiger partial charge in [0.15, 0.2) is 0 Å². The van der Waals surface area contributed by atoms with Gasteiger partial charge in [-0.2, -0.15) is 0 Å². The number of hydrogen-bond donors (Lipinski definition) is 0. The molecule has 0 aliphatic carbocycles. The van der Waals surface area contributed by atoms with Crippen LogP contribution in [0.15, 0.2) is 30.3 Å². The molecular weight excluding hydrogens is 187 g/mol. The molecule has 1 aromatic rings. The van der Waals surface area contributed by atoms with E-state index < -0.39 is 0 Å². The van der Waals surface area contributed by atoms with Crippen molar-refractivity contribution in [1.29, 1.82) is 0 Å². The maximum atomic E-state index is 5.53. The van der Waals surface area contributed by atoms with E-state index >= 15 is 0 Å². The first-order valence-electron chi connectivity index (χ1n) is 3.87. The number of halogens is 1. The number of benzene rings is 1. The van der Waals surface area contributed by atoms with Crippen LogP contribution >= 0.6 is 19.5 Å². The summed E-state index contributed by atoms with van der Waals surface area (Å²) in [6.07, 6.45) is 0. The Morgan fingerprint density at radius 2 is 1.50 bits per heavy atom. The minimum Gasteiger partial charge on any atom is -0.122 e. The first kappa shape index (κ1) is 11.9. The van der Waals surface area contributed by atoms with Crippen molar-refractivity contribution in [2.45, 2.75) is 5.88 Å². The van der Waals surface area contributed by atoms with Crippen LogP contribution in [0.2, 0.25) is 0 Å². The van der Waals surface area contributed by atoms with Gasteiger partial charge in [0.2, 0.25) is 0 Å². The standard InChI is InChI=1S/C7H7Cl.C3H9P/c8-6-7-4-2-1-3-5-7;1-4(2)3/h1-5H,6H2;1-3H3. The van der Waals surface area contributed by atoms with E-state index in [4.69, 9.17) is 11.6 Å². The third-order valence-electron chi connectivity index (χ3n) is 0.997. The zero-order valence-corrected chi connectivity index (χ0v) is 9.57. The van der Waals surface area contributed by atoms with Crippen molar-refractivity contribution < 1.29 is 0 Å². The molecule has 0 unspecified atom stereocenters. The van der Waals surface area contributed by atoms with Crippen LogP contribution < -0.4 is 0 Å². The zero-order valence-electron chi connectivity index (χ0n) is 7.92. The van der Waals surface area contributed by atoms with Crippen LogP contribution in [-0.4, -0.2) is 20.0 Å². The van der Waals surface area contributed by atoms with E-state index in [0.29, 0.717) is 13.8 Å². The van der Waals surface area contributed by atoms with Crippen molar-refractivity contribution in [3.63, 3.8) is 0 Å². The van der Waals surface area contributed by atoms with Gasteiger partial charge in [-0.3, -0.25) is 0 Å². The molecule has 1 rings (SSSR count). The number of rotatable bonds is 1. The van der Waals surface area contributed by atoms with Gasteiger partial charge in [-0.15, -0.1) is 19.5 Å². The lowest BCUT2D eigenvalue weighted by atomic mass is 10.2. The van der Waals surface area contributed by atoms with E-state index in [1.165, 1.54) is 5.56 Å². The highest BCUT2D eigenvalue weighted by atomic mass is 35.5. The molecule has 0 saturated carbocycles. The maximum Gasteiger partial charge on any atom is 0.0474 e. The fourth-order valence-corrected chi connectivity index (χ4v) is 0.745.